The van der Waals surface area contributed by atoms with Crippen molar-refractivity contribution < 1.29 is 17.6 Å². The number of hydrogen-bond acceptors (Lipinski definition) is 4. The maximum atomic E-state index is 15.1. The van der Waals surface area contributed by atoms with Gasteiger partial charge in [0.25, 0.3) is 0 Å². The van der Waals surface area contributed by atoms with Gasteiger partial charge in [0.15, 0.2) is 0 Å². The van der Waals surface area contributed by atoms with Crippen LogP contribution in [0.1, 0.15) is 31.7 Å². The van der Waals surface area contributed by atoms with Crippen LogP contribution in [-0.4, -0.2) is 55.8 Å². The molecule has 33 heavy (non-hydrogen) atoms. The molecule has 0 radical (unpaired) electrons. The predicted molar refractivity (Wildman–Crippen MR) is 128 cm³/mol. The highest BCUT2D eigenvalue weighted by molar-refractivity contribution is 7.89. The number of halogens is 3. The van der Waals surface area contributed by atoms with Crippen LogP contribution in [0.5, 0.6) is 0 Å². The van der Waals surface area contributed by atoms with Crippen molar-refractivity contribution in [2.75, 3.05) is 31.1 Å². The summed E-state index contributed by atoms with van der Waals surface area (Å²) in [6.07, 6.45) is 2.36. The van der Waals surface area contributed by atoms with Crippen LogP contribution in [0.25, 0.3) is 0 Å². The minimum Gasteiger partial charge on any atom is -0.368 e. The fourth-order valence-electron chi connectivity index (χ4n) is 4.19. The molecule has 0 N–H and O–H groups in total. The summed E-state index contributed by atoms with van der Waals surface area (Å²) in [6, 6.07) is 9.01. The van der Waals surface area contributed by atoms with Crippen LogP contribution in [0.3, 0.4) is 0 Å². The fraction of sp³-hybridized carbons (Fsp3) is 0.435. The van der Waals surface area contributed by atoms with Crippen LogP contribution in [0.2, 0.25) is 10.0 Å². The number of carbonyl (C=O) groups excluding carboxylic acids is 1. The normalized spacial score (nSPS) is 17.4. The van der Waals surface area contributed by atoms with Gasteiger partial charge in [-0.05, 0) is 43.2 Å². The molecule has 1 aliphatic heterocycles. The Bertz CT molecular complexity index is 1150. The van der Waals surface area contributed by atoms with Gasteiger partial charge in [-0.3, -0.25) is 4.79 Å². The Balaban J connectivity index is 1.57. The summed E-state index contributed by atoms with van der Waals surface area (Å²) in [4.78, 5) is 15.3. The van der Waals surface area contributed by atoms with Gasteiger partial charge in [0, 0.05) is 62.0 Å². The van der Waals surface area contributed by atoms with Crippen molar-refractivity contribution in [3.63, 3.8) is 0 Å². The molecule has 1 heterocycles. The van der Waals surface area contributed by atoms with Crippen LogP contribution in [0, 0.1) is 5.82 Å². The lowest BCUT2D eigenvalue weighted by Crippen LogP contribution is -2.48. The van der Waals surface area contributed by atoms with Crippen molar-refractivity contribution in [3.8, 4) is 0 Å². The van der Waals surface area contributed by atoms with E-state index in [0.717, 1.165) is 24.9 Å². The topological polar surface area (TPSA) is 60.9 Å². The Hall–Kier alpha value is -1.87. The molecule has 178 valence electrons. The van der Waals surface area contributed by atoms with E-state index in [1.165, 1.54) is 28.6 Å². The van der Waals surface area contributed by atoms with Crippen LogP contribution in [0.15, 0.2) is 41.3 Å². The third-order valence-corrected chi connectivity index (χ3v) is 9.03. The zero-order valence-corrected chi connectivity index (χ0v) is 20.6. The number of anilines is 1. The van der Waals surface area contributed by atoms with Crippen LogP contribution < -0.4 is 4.90 Å². The predicted octanol–water partition coefficient (Wildman–Crippen LogP) is 4.54. The molecule has 1 aliphatic carbocycles. The van der Waals surface area contributed by atoms with Gasteiger partial charge in [-0.2, -0.15) is 4.31 Å². The Kier molecular flexibility index (Phi) is 7.19. The third-order valence-electron chi connectivity index (χ3n) is 6.41. The molecule has 0 spiro atoms. The number of sulfonamides is 1. The molecule has 2 aromatic carbocycles. The number of hydrogen-bond donors (Lipinski definition) is 0. The molecule has 1 saturated carbocycles. The smallest absolute Gasteiger partial charge is 0.245 e. The molecular weight excluding hydrogens is 488 g/mol. The van der Waals surface area contributed by atoms with E-state index in [1.807, 2.05) is 4.90 Å². The van der Waals surface area contributed by atoms with Gasteiger partial charge in [0.05, 0.1) is 5.02 Å². The fourth-order valence-corrected chi connectivity index (χ4v) is 6.60. The lowest BCUT2D eigenvalue weighted by Gasteiger charge is -2.37. The number of piperazine rings is 1. The SMILES string of the molecule is CC(=O)N1CCN(c2ccc(CN(C3CCC3)S(=O)(=O)c3cc(Cl)ccc3Cl)c(F)c2)CC1. The van der Waals surface area contributed by atoms with Crippen molar-refractivity contribution >= 4 is 44.8 Å². The van der Waals surface area contributed by atoms with Crippen LogP contribution >= 0.6 is 23.2 Å². The van der Waals surface area contributed by atoms with Gasteiger partial charge in [-0.1, -0.05) is 35.7 Å². The molecule has 1 amide bonds. The number of carbonyl (C=O) groups is 1. The van der Waals surface area contributed by atoms with E-state index in [4.69, 9.17) is 23.2 Å². The second-order valence-corrected chi connectivity index (χ2v) is 11.2. The Morgan fingerprint density at radius 3 is 2.36 bits per heavy atom. The first-order chi connectivity index (χ1) is 15.7. The highest BCUT2D eigenvalue weighted by atomic mass is 35.5. The lowest BCUT2D eigenvalue weighted by atomic mass is 9.93. The standard InChI is InChI=1S/C23H26Cl2FN3O3S/c1-16(30)27-9-11-28(12-10-27)20-7-5-17(22(26)14-20)15-29(19-3-2-4-19)33(31,32)23-13-18(24)6-8-21(23)25/h5-8,13-14,19H,2-4,9-12,15H2,1H3. The van der Waals surface area contributed by atoms with Crippen molar-refractivity contribution in [1.82, 2.24) is 9.21 Å². The summed E-state index contributed by atoms with van der Waals surface area (Å²) in [5.74, 6) is -0.425. The Morgan fingerprint density at radius 2 is 1.79 bits per heavy atom. The summed E-state index contributed by atoms with van der Waals surface area (Å²) >= 11 is 12.2. The molecule has 4 rings (SSSR count). The van der Waals surface area contributed by atoms with E-state index in [2.05, 4.69) is 0 Å². The number of amides is 1. The summed E-state index contributed by atoms with van der Waals surface area (Å²) in [5, 5.41) is 0.358. The van der Waals surface area contributed by atoms with E-state index >= 15 is 4.39 Å². The number of rotatable bonds is 6. The van der Waals surface area contributed by atoms with Crippen molar-refractivity contribution in [3.05, 3.63) is 57.8 Å². The quantitative estimate of drug-likeness (QED) is 0.568. The maximum absolute atomic E-state index is 15.1. The van der Waals surface area contributed by atoms with E-state index in [1.54, 1.807) is 24.0 Å². The third kappa shape index (κ3) is 5.14. The number of benzene rings is 2. The average molecular weight is 514 g/mol. The zero-order valence-electron chi connectivity index (χ0n) is 18.3. The summed E-state index contributed by atoms with van der Waals surface area (Å²) < 4.78 is 43.4. The monoisotopic (exact) mass is 513 g/mol. The highest BCUT2D eigenvalue weighted by Crippen LogP contribution is 2.35. The first-order valence-corrected chi connectivity index (χ1v) is 13.1. The molecule has 2 aliphatic rings. The first kappa shape index (κ1) is 24.3. The molecule has 10 heteroatoms. The highest BCUT2D eigenvalue weighted by Gasteiger charge is 2.36. The summed E-state index contributed by atoms with van der Waals surface area (Å²) in [5.41, 5.74) is 1.02. The first-order valence-electron chi connectivity index (χ1n) is 10.9. The minimum absolute atomic E-state index is 0.0354. The molecule has 2 fully saturated rings. The van der Waals surface area contributed by atoms with Crippen molar-refractivity contribution in [2.45, 2.75) is 43.7 Å². The molecule has 0 aromatic heterocycles. The molecular formula is C23H26Cl2FN3O3S. The molecule has 1 saturated heterocycles. The van der Waals surface area contributed by atoms with Crippen LogP contribution in [-0.2, 0) is 21.4 Å². The van der Waals surface area contributed by atoms with Crippen molar-refractivity contribution in [1.29, 1.82) is 0 Å². The van der Waals surface area contributed by atoms with E-state index in [0.29, 0.717) is 31.7 Å². The van der Waals surface area contributed by atoms with E-state index in [9.17, 15) is 13.2 Å². The van der Waals surface area contributed by atoms with Crippen LogP contribution in [0.4, 0.5) is 10.1 Å². The van der Waals surface area contributed by atoms with E-state index in [-0.39, 0.29) is 33.4 Å². The van der Waals surface area contributed by atoms with Gasteiger partial charge in [-0.25, -0.2) is 12.8 Å². The Morgan fingerprint density at radius 1 is 1.09 bits per heavy atom. The van der Waals surface area contributed by atoms with Gasteiger partial charge >= 0.3 is 0 Å². The summed E-state index contributed by atoms with van der Waals surface area (Å²) in [6.45, 7) is 3.88. The Labute approximate surface area is 203 Å². The second-order valence-electron chi connectivity index (χ2n) is 8.48. The summed E-state index contributed by atoms with van der Waals surface area (Å²) in [7, 11) is -3.97. The second kappa shape index (κ2) is 9.78. The maximum Gasteiger partial charge on any atom is 0.245 e. The molecule has 0 atom stereocenters. The zero-order chi connectivity index (χ0) is 23.8. The molecule has 0 unspecified atom stereocenters. The molecule has 6 nitrogen and oxygen atoms in total. The van der Waals surface area contributed by atoms with Gasteiger partial charge in [0.2, 0.25) is 15.9 Å². The van der Waals surface area contributed by atoms with Crippen molar-refractivity contribution in [2.24, 2.45) is 0 Å². The molecule has 2 aromatic rings. The largest absolute Gasteiger partial charge is 0.368 e. The average Bonchev–Trinajstić information content (AvgIpc) is 2.74. The minimum atomic E-state index is -3.97. The van der Waals surface area contributed by atoms with E-state index < -0.39 is 15.8 Å². The van der Waals surface area contributed by atoms with Gasteiger partial charge in [-0.15, -0.1) is 0 Å². The lowest BCUT2D eigenvalue weighted by molar-refractivity contribution is -0.129. The number of nitrogens with zero attached hydrogens (tertiary/aromatic N) is 3. The molecule has 0 bridgehead atoms. The van der Waals surface area contributed by atoms with Gasteiger partial charge < -0.3 is 9.80 Å². The van der Waals surface area contributed by atoms with Gasteiger partial charge in [0.1, 0.15) is 10.7 Å².